The van der Waals surface area contributed by atoms with Crippen molar-refractivity contribution >= 4 is 5.78 Å². The maximum atomic E-state index is 12.4. The van der Waals surface area contributed by atoms with Crippen molar-refractivity contribution in [3.8, 4) is 5.88 Å². The van der Waals surface area contributed by atoms with Crippen molar-refractivity contribution in [1.29, 1.82) is 0 Å². The van der Waals surface area contributed by atoms with E-state index in [1.165, 1.54) is 17.7 Å². The van der Waals surface area contributed by atoms with E-state index in [-0.39, 0.29) is 23.8 Å². The number of rotatable bonds is 2. The minimum absolute atomic E-state index is 0.200. The molecule has 0 radical (unpaired) electrons. The van der Waals surface area contributed by atoms with E-state index in [4.69, 9.17) is 4.74 Å². The molecule has 0 spiro atoms. The normalized spacial score (nSPS) is 19.9. The Labute approximate surface area is 84.8 Å². The topological polar surface area (TPSA) is 44.1 Å². The molecule has 0 saturated carbocycles. The average molecular weight is 216 g/mol. The number of ether oxygens (including phenoxy) is 1. The molecule has 1 aromatic rings. The van der Waals surface area contributed by atoms with Gasteiger partial charge in [0.05, 0.1) is 0 Å². The van der Waals surface area contributed by atoms with Crippen LogP contribution in [0.2, 0.25) is 0 Å². The number of carbonyl (C=O) groups is 1. The Bertz CT molecular complexity index is 389. The van der Waals surface area contributed by atoms with Crippen LogP contribution in [0.15, 0.2) is 6.07 Å². The molecule has 0 aliphatic carbocycles. The molecule has 2 heterocycles. The molecule has 2 rings (SSSR count). The summed E-state index contributed by atoms with van der Waals surface area (Å²) in [5.41, 5.74) is 0.250. The highest BCUT2D eigenvalue weighted by Crippen LogP contribution is 2.24. The van der Waals surface area contributed by atoms with E-state index in [2.05, 4.69) is 5.10 Å². The number of ketones is 1. The Morgan fingerprint density at radius 3 is 3.07 bits per heavy atom. The van der Waals surface area contributed by atoms with Crippen LogP contribution in [-0.2, 0) is 6.54 Å². The van der Waals surface area contributed by atoms with Gasteiger partial charge in [0.2, 0.25) is 5.88 Å². The number of Topliss-reactive ketones (excluding diaryl/α,β-unsaturated/α-hetero) is 1. The van der Waals surface area contributed by atoms with E-state index < -0.39 is 12.5 Å². The molecule has 0 bridgehead atoms. The zero-order valence-corrected chi connectivity index (χ0v) is 8.11. The fraction of sp³-hybridized carbons (Fsp3) is 0.556. The molecular formula is C9H10F2N2O2. The predicted molar refractivity (Wildman–Crippen MR) is 47.3 cm³/mol. The largest absolute Gasteiger partial charge is 0.468 e. The SMILES string of the molecule is CC(=O)c1cc2n(n1)CCC(C(F)F)O2. The van der Waals surface area contributed by atoms with Crippen LogP contribution in [0.25, 0.3) is 0 Å². The number of aromatic nitrogens is 2. The minimum atomic E-state index is -2.51. The van der Waals surface area contributed by atoms with Gasteiger partial charge in [0.15, 0.2) is 11.9 Å². The third kappa shape index (κ3) is 1.84. The number of hydrogen-bond donors (Lipinski definition) is 0. The molecule has 0 amide bonds. The highest BCUT2D eigenvalue weighted by atomic mass is 19.3. The molecule has 6 heteroatoms. The summed E-state index contributed by atoms with van der Waals surface area (Å²) in [5, 5.41) is 3.94. The standard InChI is InChI=1S/C9H10F2N2O2/c1-5(14)6-4-8-13(12-6)3-2-7(15-8)9(10)11/h4,7,9H,2-3H2,1H3. The summed E-state index contributed by atoms with van der Waals surface area (Å²) in [5.74, 6) is 0.0471. The van der Waals surface area contributed by atoms with Crippen LogP contribution in [0, 0.1) is 0 Å². The molecule has 1 aromatic heterocycles. The first-order chi connectivity index (χ1) is 7.08. The van der Waals surface area contributed by atoms with Gasteiger partial charge in [-0.3, -0.25) is 4.79 Å². The fourth-order valence-electron chi connectivity index (χ4n) is 1.47. The van der Waals surface area contributed by atoms with Gasteiger partial charge in [-0.1, -0.05) is 0 Å². The summed E-state index contributed by atoms with van der Waals surface area (Å²) in [4.78, 5) is 11.0. The molecule has 0 fully saturated rings. The molecule has 0 saturated heterocycles. The lowest BCUT2D eigenvalue weighted by atomic mass is 10.2. The quantitative estimate of drug-likeness (QED) is 0.704. The highest BCUT2D eigenvalue weighted by molar-refractivity contribution is 5.92. The second kappa shape index (κ2) is 3.60. The van der Waals surface area contributed by atoms with Crippen molar-refractivity contribution in [3.63, 3.8) is 0 Å². The Kier molecular flexibility index (Phi) is 2.42. The van der Waals surface area contributed by atoms with Gasteiger partial charge >= 0.3 is 0 Å². The van der Waals surface area contributed by atoms with Crippen LogP contribution in [0.5, 0.6) is 5.88 Å². The van der Waals surface area contributed by atoms with E-state index in [1.54, 1.807) is 0 Å². The van der Waals surface area contributed by atoms with Gasteiger partial charge in [0.25, 0.3) is 6.43 Å². The third-order valence-corrected chi connectivity index (χ3v) is 2.28. The van der Waals surface area contributed by atoms with Crippen molar-refractivity contribution in [1.82, 2.24) is 9.78 Å². The highest BCUT2D eigenvalue weighted by Gasteiger charge is 2.28. The first-order valence-corrected chi connectivity index (χ1v) is 4.61. The van der Waals surface area contributed by atoms with Crippen LogP contribution in [0.4, 0.5) is 8.78 Å². The lowest BCUT2D eigenvalue weighted by Crippen LogP contribution is -2.32. The zero-order chi connectivity index (χ0) is 11.0. The van der Waals surface area contributed by atoms with Crippen molar-refractivity contribution in [3.05, 3.63) is 11.8 Å². The maximum absolute atomic E-state index is 12.4. The molecule has 0 aromatic carbocycles. The summed E-state index contributed by atoms with van der Waals surface area (Å²) in [6.07, 6.45) is -3.38. The first-order valence-electron chi connectivity index (χ1n) is 4.61. The summed E-state index contributed by atoms with van der Waals surface area (Å²) >= 11 is 0. The van der Waals surface area contributed by atoms with Crippen LogP contribution >= 0.6 is 0 Å². The van der Waals surface area contributed by atoms with Gasteiger partial charge in [-0.2, -0.15) is 5.10 Å². The van der Waals surface area contributed by atoms with E-state index in [9.17, 15) is 13.6 Å². The smallest absolute Gasteiger partial charge is 0.274 e. The molecule has 82 valence electrons. The number of carbonyl (C=O) groups excluding carboxylic acids is 1. The van der Waals surface area contributed by atoms with E-state index in [0.717, 1.165) is 0 Å². The summed E-state index contributed by atoms with van der Waals surface area (Å²) < 4.78 is 31.2. The average Bonchev–Trinajstić information content (AvgIpc) is 2.59. The van der Waals surface area contributed by atoms with Crippen molar-refractivity contribution in [2.45, 2.75) is 32.4 Å². The number of halogens is 2. The van der Waals surface area contributed by atoms with Crippen molar-refractivity contribution in [2.75, 3.05) is 0 Å². The second-order valence-corrected chi connectivity index (χ2v) is 3.43. The van der Waals surface area contributed by atoms with E-state index >= 15 is 0 Å². The third-order valence-electron chi connectivity index (χ3n) is 2.28. The number of fused-ring (bicyclic) bond motifs is 1. The lowest BCUT2D eigenvalue weighted by Gasteiger charge is -2.23. The van der Waals surface area contributed by atoms with Gasteiger partial charge in [-0.15, -0.1) is 0 Å². The second-order valence-electron chi connectivity index (χ2n) is 3.43. The molecule has 1 unspecified atom stereocenters. The first kappa shape index (κ1) is 10.1. The molecule has 0 N–H and O–H groups in total. The van der Waals surface area contributed by atoms with Gasteiger partial charge < -0.3 is 4.74 Å². The molecule has 4 nitrogen and oxygen atoms in total. The van der Waals surface area contributed by atoms with Gasteiger partial charge in [-0.05, 0) is 0 Å². The Morgan fingerprint density at radius 1 is 1.73 bits per heavy atom. The summed E-state index contributed by atoms with van der Waals surface area (Å²) in [6, 6.07) is 1.40. The maximum Gasteiger partial charge on any atom is 0.274 e. The predicted octanol–water partition coefficient (Wildman–Crippen LogP) is 1.50. The van der Waals surface area contributed by atoms with Gasteiger partial charge in [0.1, 0.15) is 5.69 Å². The van der Waals surface area contributed by atoms with Crippen LogP contribution < -0.4 is 4.74 Å². The summed E-state index contributed by atoms with van der Waals surface area (Å²) in [6.45, 7) is 1.73. The monoisotopic (exact) mass is 216 g/mol. The number of aryl methyl sites for hydroxylation is 1. The Balaban J connectivity index is 2.23. The van der Waals surface area contributed by atoms with Crippen LogP contribution in [0.3, 0.4) is 0 Å². The Morgan fingerprint density at radius 2 is 2.47 bits per heavy atom. The summed E-state index contributed by atoms with van der Waals surface area (Å²) in [7, 11) is 0. The zero-order valence-electron chi connectivity index (χ0n) is 8.11. The molecular weight excluding hydrogens is 206 g/mol. The Hall–Kier alpha value is -1.46. The lowest BCUT2D eigenvalue weighted by molar-refractivity contribution is -0.0135. The number of alkyl halides is 2. The van der Waals surface area contributed by atoms with Crippen LogP contribution in [-0.4, -0.2) is 28.1 Å². The molecule has 15 heavy (non-hydrogen) atoms. The van der Waals surface area contributed by atoms with Gasteiger partial charge in [0, 0.05) is 26.0 Å². The number of hydrogen-bond acceptors (Lipinski definition) is 3. The fourth-order valence-corrected chi connectivity index (χ4v) is 1.47. The molecule has 1 aliphatic heterocycles. The molecule has 1 aliphatic rings. The number of nitrogens with zero attached hydrogens (tertiary/aromatic N) is 2. The van der Waals surface area contributed by atoms with Crippen molar-refractivity contribution in [2.24, 2.45) is 0 Å². The van der Waals surface area contributed by atoms with Crippen LogP contribution in [0.1, 0.15) is 23.8 Å². The van der Waals surface area contributed by atoms with Gasteiger partial charge in [-0.25, -0.2) is 13.5 Å². The molecule has 1 atom stereocenters. The minimum Gasteiger partial charge on any atom is -0.468 e. The van der Waals surface area contributed by atoms with Crippen molar-refractivity contribution < 1.29 is 18.3 Å². The van der Waals surface area contributed by atoms with E-state index in [0.29, 0.717) is 6.54 Å². The van der Waals surface area contributed by atoms with E-state index in [1.807, 2.05) is 0 Å².